The fourth-order valence-electron chi connectivity index (χ4n) is 2.48. The van der Waals surface area contributed by atoms with Gasteiger partial charge in [-0.15, -0.1) is 0 Å². The van der Waals surface area contributed by atoms with Crippen molar-refractivity contribution in [1.82, 2.24) is 4.90 Å². The van der Waals surface area contributed by atoms with E-state index in [1.165, 1.54) is 6.42 Å². The number of benzene rings is 1. The molecular formula is C15H21NO2. The largest absolute Gasteiger partial charge is 0.388 e. The predicted molar refractivity (Wildman–Crippen MR) is 71.0 cm³/mol. The third-order valence-electron chi connectivity index (χ3n) is 3.67. The van der Waals surface area contributed by atoms with Gasteiger partial charge in [0.15, 0.2) is 0 Å². The summed E-state index contributed by atoms with van der Waals surface area (Å²) in [7, 11) is 0. The number of piperidine rings is 1. The van der Waals surface area contributed by atoms with Gasteiger partial charge in [0.05, 0.1) is 12.0 Å². The number of rotatable bonds is 3. The van der Waals surface area contributed by atoms with Gasteiger partial charge in [-0.2, -0.15) is 0 Å². The minimum absolute atomic E-state index is 0.0750. The van der Waals surface area contributed by atoms with Crippen LogP contribution in [0.5, 0.6) is 0 Å². The first kappa shape index (κ1) is 13.1. The number of carbonyl (C=O) groups is 1. The van der Waals surface area contributed by atoms with E-state index in [-0.39, 0.29) is 11.8 Å². The molecule has 0 saturated carbocycles. The maximum Gasteiger partial charge on any atom is 0.228 e. The Hall–Kier alpha value is -1.35. The summed E-state index contributed by atoms with van der Waals surface area (Å²) in [6, 6.07) is 9.41. The first-order valence-electron chi connectivity index (χ1n) is 6.72. The van der Waals surface area contributed by atoms with Crippen LogP contribution in [0.4, 0.5) is 0 Å². The molecule has 1 aliphatic rings. The molecule has 1 amide bonds. The average molecular weight is 247 g/mol. The van der Waals surface area contributed by atoms with Crippen LogP contribution in [0.25, 0.3) is 0 Å². The van der Waals surface area contributed by atoms with E-state index in [9.17, 15) is 9.90 Å². The van der Waals surface area contributed by atoms with Crippen molar-refractivity contribution < 1.29 is 9.90 Å². The summed E-state index contributed by atoms with van der Waals surface area (Å²) in [5.74, 6) is -0.295. The summed E-state index contributed by atoms with van der Waals surface area (Å²) in [6.07, 6.45) is 2.67. The van der Waals surface area contributed by atoms with Crippen LogP contribution in [-0.2, 0) is 4.79 Å². The van der Waals surface area contributed by atoms with Gasteiger partial charge < -0.3 is 10.0 Å². The van der Waals surface area contributed by atoms with Crippen molar-refractivity contribution in [2.75, 3.05) is 13.1 Å². The molecule has 0 aliphatic carbocycles. The second-order valence-corrected chi connectivity index (χ2v) is 5.03. The molecule has 0 aromatic heterocycles. The lowest BCUT2D eigenvalue weighted by molar-refractivity contribution is -0.139. The monoisotopic (exact) mass is 247 g/mol. The highest BCUT2D eigenvalue weighted by Gasteiger charge is 2.28. The lowest BCUT2D eigenvalue weighted by Gasteiger charge is -2.30. The summed E-state index contributed by atoms with van der Waals surface area (Å²) in [6.45, 7) is 3.49. The number of amides is 1. The van der Waals surface area contributed by atoms with Crippen LogP contribution in [0.2, 0.25) is 0 Å². The van der Waals surface area contributed by atoms with Crippen LogP contribution in [0.3, 0.4) is 0 Å². The molecule has 0 spiro atoms. The van der Waals surface area contributed by atoms with Crippen LogP contribution >= 0.6 is 0 Å². The van der Waals surface area contributed by atoms with Gasteiger partial charge in [0, 0.05) is 13.1 Å². The Balaban J connectivity index is 2.01. The van der Waals surface area contributed by atoms with Crippen molar-refractivity contribution in [2.45, 2.75) is 32.3 Å². The number of carbonyl (C=O) groups excluding carboxylic acids is 1. The van der Waals surface area contributed by atoms with Crippen LogP contribution in [0.15, 0.2) is 30.3 Å². The Morgan fingerprint density at radius 2 is 1.78 bits per heavy atom. The molecule has 1 N–H and O–H groups in total. The van der Waals surface area contributed by atoms with E-state index in [1.54, 1.807) is 0 Å². The zero-order valence-electron chi connectivity index (χ0n) is 10.9. The van der Waals surface area contributed by atoms with E-state index in [0.717, 1.165) is 31.5 Å². The Morgan fingerprint density at radius 1 is 1.17 bits per heavy atom. The summed E-state index contributed by atoms with van der Waals surface area (Å²) < 4.78 is 0. The van der Waals surface area contributed by atoms with Crippen molar-refractivity contribution in [3.8, 4) is 0 Å². The first-order valence-corrected chi connectivity index (χ1v) is 6.72. The van der Waals surface area contributed by atoms with Gasteiger partial charge in [0.25, 0.3) is 0 Å². The van der Waals surface area contributed by atoms with Gasteiger partial charge in [0.1, 0.15) is 0 Å². The molecule has 2 atom stereocenters. The second-order valence-electron chi connectivity index (χ2n) is 5.03. The lowest BCUT2D eigenvalue weighted by Crippen LogP contribution is -2.40. The molecule has 18 heavy (non-hydrogen) atoms. The third kappa shape index (κ3) is 2.91. The molecule has 2 rings (SSSR count). The van der Waals surface area contributed by atoms with E-state index in [0.29, 0.717) is 0 Å². The third-order valence-corrected chi connectivity index (χ3v) is 3.67. The van der Waals surface area contributed by atoms with Gasteiger partial charge in [-0.3, -0.25) is 4.79 Å². The molecule has 0 radical (unpaired) electrons. The quantitative estimate of drug-likeness (QED) is 0.890. The molecule has 1 aliphatic heterocycles. The summed E-state index contributed by atoms with van der Waals surface area (Å²) in [5.41, 5.74) is 0.815. The number of nitrogens with zero attached hydrogens (tertiary/aromatic N) is 1. The highest BCUT2D eigenvalue weighted by Crippen LogP contribution is 2.24. The molecule has 3 heteroatoms. The standard InChI is InChI=1S/C15H21NO2/c1-12(14(17)13-8-4-2-5-9-13)15(18)16-10-6-3-7-11-16/h2,4-5,8-9,12,14,17H,3,6-7,10-11H2,1H3/t12-,14+/m1/s1. The number of aliphatic hydroxyl groups is 1. The van der Waals surface area contributed by atoms with Crippen LogP contribution in [-0.4, -0.2) is 29.0 Å². The number of hydrogen-bond donors (Lipinski definition) is 1. The van der Waals surface area contributed by atoms with Crippen molar-refractivity contribution in [1.29, 1.82) is 0 Å². The summed E-state index contributed by atoms with van der Waals surface area (Å²) in [4.78, 5) is 14.2. The summed E-state index contributed by atoms with van der Waals surface area (Å²) in [5, 5.41) is 10.2. The Kier molecular flexibility index (Phi) is 4.37. The van der Waals surface area contributed by atoms with Gasteiger partial charge in [0.2, 0.25) is 5.91 Å². The van der Waals surface area contributed by atoms with Crippen LogP contribution < -0.4 is 0 Å². The molecule has 1 aromatic rings. The molecule has 0 bridgehead atoms. The zero-order valence-corrected chi connectivity index (χ0v) is 10.9. The number of aliphatic hydroxyl groups excluding tert-OH is 1. The molecule has 1 fully saturated rings. The van der Waals surface area contributed by atoms with Crippen molar-refractivity contribution in [3.05, 3.63) is 35.9 Å². The highest BCUT2D eigenvalue weighted by molar-refractivity contribution is 5.79. The minimum atomic E-state index is -0.708. The molecule has 1 saturated heterocycles. The number of hydrogen-bond acceptors (Lipinski definition) is 2. The molecule has 3 nitrogen and oxygen atoms in total. The van der Waals surface area contributed by atoms with E-state index in [4.69, 9.17) is 0 Å². The maximum atomic E-state index is 12.3. The van der Waals surface area contributed by atoms with Gasteiger partial charge >= 0.3 is 0 Å². The fourth-order valence-corrected chi connectivity index (χ4v) is 2.48. The zero-order chi connectivity index (χ0) is 13.0. The highest BCUT2D eigenvalue weighted by atomic mass is 16.3. The topological polar surface area (TPSA) is 40.5 Å². The SMILES string of the molecule is C[C@@H](C(=O)N1CCCCC1)[C@H](O)c1ccccc1. The smallest absolute Gasteiger partial charge is 0.228 e. The van der Waals surface area contributed by atoms with Gasteiger partial charge in [-0.25, -0.2) is 0 Å². The average Bonchev–Trinajstić information content (AvgIpc) is 2.47. The van der Waals surface area contributed by atoms with E-state index in [1.807, 2.05) is 42.2 Å². The second kappa shape index (κ2) is 6.01. The Morgan fingerprint density at radius 3 is 2.39 bits per heavy atom. The van der Waals surface area contributed by atoms with E-state index in [2.05, 4.69) is 0 Å². The van der Waals surface area contributed by atoms with Crippen molar-refractivity contribution >= 4 is 5.91 Å². The normalized spacial score (nSPS) is 19.3. The van der Waals surface area contributed by atoms with E-state index < -0.39 is 6.10 Å². The van der Waals surface area contributed by atoms with E-state index >= 15 is 0 Å². The molecular weight excluding hydrogens is 226 g/mol. The minimum Gasteiger partial charge on any atom is -0.388 e. The molecule has 0 unspecified atom stereocenters. The van der Waals surface area contributed by atoms with Crippen molar-refractivity contribution in [3.63, 3.8) is 0 Å². The van der Waals surface area contributed by atoms with Crippen LogP contribution in [0, 0.1) is 5.92 Å². The lowest BCUT2D eigenvalue weighted by atomic mass is 9.95. The first-order chi connectivity index (χ1) is 8.70. The fraction of sp³-hybridized carbons (Fsp3) is 0.533. The maximum absolute atomic E-state index is 12.3. The van der Waals surface area contributed by atoms with Crippen LogP contribution in [0.1, 0.15) is 37.9 Å². The van der Waals surface area contributed by atoms with Gasteiger partial charge in [-0.1, -0.05) is 37.3 Å². The molecule has 1 aromatic carbocycles. The Labute approximate surface area is 108 Å². The Bertz CT molecular complexity index is 385. The van der Waals surface area contributed by atoms with Crippen molar-refractivity contribution in [2.24, 2.45) is 5.92 Å². The number of likely N-dealkylation sites (tertiary alicyclic amines) is 1. The molecule has 98 valence electrons. The summed E-state index contributed by atoms with van der Waals surface area (Å²) >= 11 is 0. The van der Waals surface area contributed by atoms with Gasteiger partial charge in [-0.05, 0) is 24.8 Å². The predicted octanol–water partition coefficient (Wildman–Crippen LogP) is 2.37. The molecule has 1 heterocycles.